The van der Waals surface area contributed by atoms with E-state index in [9.17, 15) is 9.90 Å². The average molecular weight is 234 g/mol. The van der Waals surface area contributed by atoms with Crippen LogP contribution in [0.25, 0.3) is 0 Å². The van der Waals surface area contributed by atoms with Crippen LogP contribution in [0.4, 0.5) is 0 Å². The molecule has 2 atom stereocenters. The summed E-state index contributed by atoms with van der Waals surface area (Å²) < 4.78 is 4.55. The minimum atomic E-state index is -1.17. The molecule has 0 saturated heterocycles. The number of methoxy groups -OCH3 is 1. The van der Waals surface area contributed by atoms with Gasteiger partial charge in [-0.25, -0.2) is 4.79 Å². The highest BCUT2D eigenvalue weighted by Gasteiger charge is 2.22. The number of benzene rings is 1. The Labute approximate surface area is 101 Å². The third-order valence-electron chi connectivity index (χ3n) is 3.52. The summed E-state index contributed by atoms with van der Waals surface area (Å²) in [6.07, 6.45) is 2.31. The third kappa shape index (κ3) is 2.34. The first kappa shape index (κ1) is 12.1. The van der Waals surface area contributed by atoms with Crippen molar-refractivity contribution in [2.75, 3.05) is 7.11 Å². The number of fused-ring (bicyclic) bond motifs is 1. The minimum absolute atomic E-state index is 0.503. The van der Waals surface area contributed by atoms with Gasteiger partial charge in [0.1, 0.15) is 0 Å². The van der Waals surface area contributed by atoms with Crippen LogP contribution in [0.1, 0.15) is 48.5 Å². The minimum Gasteiger partial charge on any atom is -0.467 e. The molecule has 3 nitrogen and oxygen atoms in total. The van der Waals surface area contributed by atoms with Crippen molar-refractivity contribution in [1.82, 2.24) is 0 Å². The predicted octanol–water partition coefficient (Wildman–Crippen LogP) is 2.33. The quantitative estimate of drug-likeness (QED) is 0.799. The molecule has 0 bridgehead atoms. The van der Waals surface area contributed by atoms with Gasteiger partial charge in [0.05, 0.1) is 7.11 Å². The average Bonchev–Trinajstić information content (AvgIpc) is 2.37. The summed E-state index contributed by atoms with van der Waals surface area (Å²) in [6.45, 7) is 2.19. The summed E-state index contributed by atoms with van der Waals surface area (Å²) in [4.78, 5) is 11.3. The van der Waals surface area contributed by atoms with E-state index in [1.807, 2.05) is 18.2 Å². The largest absolute Gasteiger partial charge is 0.467 e. The molecular formula is C14H18O3. The number of esters is 1. The molecule has 3 heteroatoms. The molecule has 1 aromatic carbocycles. The summed E-state index contributed by atoms with van der Waals surface area (Å²) in [5.74, 6) is -0.100. The Balaban J connectivity index is 2.32. The Morgan fingerprint density at radius 2 is 2.29 bits per heavy atom. The fraction of sp³-hybridized carbons (Fsp3) is 0.500. The number of hydrogen-bond acceptors (Lipinski definition) is 3. The van der Waals surface area contributed by atoms with Gasteiger partial charge in [-0.2, -0.15) is 0 Å². The van der Waals surface area contributed by atoms with E-state index in [2.05, 4.69) is 11.7 Å². The first-order chi connectivity index (χ1) is 8.13. The van der Waals surface area contributed by atoms with Crippen molar-refractivity contribution in [3.05, 3.63) is 34.9 Å². The van der Waals surface area contributed by atoms with Gasteiger partial charge in [0, 0.05) is 0 Å². The second-order valence-corrected chi connectivity index (χ2v) is 4.68. The van der Waals surface area contributed by atoms with Crippen LogP contribution < -0.4 is 0 Å². The molecule has 0 aliphatic heterocycles. The van der Waals surface area contributed by atoms with Crippen LogP contribution in [0.15, 0.2) is 18.2 Å². The Kier molecular flexibility index (Phi) is 3.48. The number of carbonyl (C=O) groups excluding carboxylic acids is 1. The van der Waals surface area contributed by atoms with E-state index >= 15 is 0 Å². The van der Waals surface area contributed by atoms with Gasteiger partial charge < -0.3 is 9.84 Å². The summed E-state index contributed by atoms with van der Waals surface area (Å²) in [7, 11) is 1.28. The van der Waals surface area contributed by atoms with Crippen molar-refractivity contribution < 1.29 is 14.6 Å². The molecule has 0 saturated carbocycles. The highest BCUT2D eigenvalue weighted by molar-refractivity contribution is 5.76. The lowest BCUT2D eigenvalue weighted by molar-refractivity contribution is -0.150. The van der Waals surface area contributed by atoms with Gasteiger partial charge in [-0.3, -0.25) is 0 Å². The lowest BCUT2D eigenvalue weighted by atomic mass is 9.82. The molecule has 0 heterocycles. The van der Waals surface area contributed by atoms with Gasteiger partial charge in [-0.05, 0) is 41.9 Å². The number of ether oxygens (including phenoxy) is 1. The fourth-order valence-corrected chi connectivity index (χ4v) is 2.47. The predicted molar refractivity (Wildman–Crippen MR) is 64.8 cm³/mol. The van der Waals surface area contributed by atoms with Crippen molar-refractivity contribution >= 4 is 5.97 Å². The highest BCUT2D eigenvalue weighted by Crippen LogP contribution is 2.33. The number of carbonyl (C=O) groups is 1. The standard InChI is InChI=1S/C14H18O3/c1-9-4-3-5-10-6-7-11(8-12(9)10)13(15)14(16)17-2/h6-9,13,15H,3-5H2,1-2H3. The molecule has 0 amide bonds. The number of hydrogen-bond donors (Lipinski definition) is 1. The van der Waals surface area contributed by atoms with E-state index in [0.717, 1.165) is 6.42 Å². The molecule has 2 rings (SSSR count). The lowest BCUT2D eigenvalue weighted by Gasteiger charge is -2.23. The van der Waals surface area contributed by atoms with Gasteiger partial charge in [-0.1, -0.05) is 25.1 Å². The van der Waals surface area contributed by atoms with E-state index in [0.29, 0.717) is 11.5 Å². The van der Waals surface area contributed by atoms with E-state index in [4.69, 9.17) is 0 Å². The van der Waals surface area contributed by atoms with Crippen LogP contribution in [-0.4, -0.2) is 18.2 Å². The maximum Gasteiger partial charge on any atom is 0.339 e. The SMILES string of the molecule is COC(=O)C(O)c1ccc2c(c1)C(C)CCC2. The Hall–Kier alpha value is -1.35. The van der Waals surface area contributed by atoms with Crippen molar-refractivity contribution in [2.45, 2.75) is 38.2 Å². The molecule has 1 aliphatic rings. The van der Waals surface area contributed by atoms with Crippen LogP contribution in [0.2, 0.25) is 0 Å². The normalized spacial score (nSPS) is 20.5. The van der Waals surface area contributed by atoms with Gasteiger partial charge >= 0.3 is 5.97 Å². The molecule has 92 valence electrons. The van der Waals surface area contributed by atoms with Gasteiger partial charge in [-0.15, -0.1) is 0 Å². The topological polar surface area (TPSA) is 46.5 Å². The fourth-order valence-electron chi connectivity index (χ4n) is 2.47. The van der Waals surface area contributed by atoms with Crippen LogP contribution in [0.5, 0.6) is 0 Å². The lowest BCUT2D eigenvalue weighted by Crippen LogP contribution is -2.15. The first-order valence-corrected chi connectivity index (χ1v) is 6.02. The molecule has 17 heavy (non-hydrogen) atoms. The zero-order valence-corrected chi connectivity index (χ0v) is 10.3. The summed E-state index contributed by atoms with van der Waals surface area (Å²) >= 11 is 0. The van der Waals surface area contributed by atoms with E-state index in [1.54, 1.807) is 0 Å². The van der Waals surface area contributed by atoms with Crippen molar-refractivity contribution in [3.8, 4) is 0 Å². The summed E-state index contributed by atoms with van der Waals surface area (Å²) in [5, 5.41) is 9.80. The molecular weight excluding hydrogens is 216 g/mol. The van der Waals surface area contributed by atoms with Gasteiger partial charge in [0.15, 0.2) is 6.10 Å². The van der Waals surface area contributed by atoms with Crippen molar-refractivity contribution in [2.24, 2.45) is 0 Å². The monoisotopic (exact) mass is 234 g/mol. The molecule has 0 spiro atoms. The van der Waals surface area contributed by atoms with Gasteiger partial charge in [0.2, 0.25) is 0 Å². The van der Waals surface area contributed by atoms with E-state index < -0.39 is 12.1 Å². The molecule has 1 aromatic rings. The molecule has 1 N–H and O–H groups in total. The van der Waals surface area contributed by atoms with Crippen LogP contribution in [0, 0.1) is 0 Å². The van der Waals surface area contributed by atoms with Crippen LogP contribution in [-0.2, 0) is 16.0 Å². The molecule has 0 fully saturated rings. The number of rotatable bonds is 2. The second-order valence-electron chi connectivity index (χ2n) is 4.68. The number of aryl methyl sites for hydroxylation is 1. The maximum absolute atomic E-state index is 11.3. The molecule has 0 aromatic heterocycles. The first-order valence-electron chi connectivity index (χ1n) is 6.02. The van der Waals surface area contributed by atoms with Crippen molar-refractivity contribution in [3.63, 3.8) is 0 Å². The summed E-state index contributed by atoms with van der Waals surface area (Å²) in [5.41, 5.74) is 3.23. The zero-order valence-electron chi connectivity index (χ0n) is 10.3. The van der Waals surface area contributed by atoms with Crippen LogP contribution >= 0.6 is 0 Å². The molecule has 1 aliphatic carbocycles. The second kappa shape index (κ2) is 4.88. The summed E-state index contributed by atoms with van der Waals surface area (Å²) in [6, 6.07) is 5.78. The number of aliphatic hydroxyl groups excluding tert-OH is 1. The van der Waals surface area contributed by atoms with Crippen LogP contribution in [0.3, 0.4) is 0 Å². The van der Waals surface area contributed by atoms with E-state index in [-0.39, 0.29) is 0 Å². The smallest absolute Gasteiger partial charge is 0.339 e. The van der Waals surface area contributed by atoms with Crippen molar-refractivity contribution in [1.29, 1.82) is 0 Å². The van der Waals surface area contributed by atoms with Gasteiger partial charge in [0.25, 0.3) is 0 Å². The zero-order chi connectivity index (χ0) is 12.4. The maximum atomic E-state index is 11.3. The Morgan fingerprint density at radius 1 is 1.53 bits per heavy atom. The third-order valence-corrected chi connectivity index (χ3v) is 3.52. The number of aliphatic hydroxyl groups is 1. The molecule has 2 unspecified atom stereocenters. The highest BCUT2D eigenvalue weighted by atomic mass is 16.5. The Bertz CT molecular complexity index is 425. The van der Waals surface area contributed by atoms with E-state index in [1.165, 1.54) is 31.1 Å². The molecule has 0 radical (unpaired) electrons. The Morgan fingerprint density at radius 3 is 3.00 bits per heavy atom.